The summed E-state index contributed by atoms with van der Waals surface area (Å²) < 4.78 is 6.45. The van der Waals surface area contributed by atoms with E-state index in [-0.39, 0.29) is 11.3 Å². The van der Waals surface area contributed by atoms with E-state index >= 15 is 0 Å². The molecular weight excluding hydrogens is 370 g/mol. The van der Waals surface area contributed by atoms with Crippen molar-refractivity contribution in [1.82, 2.24) is 9.99 Å². The maximum atomic E-state index is 12.6. The molecule has 0 atom stereocenters. The number of aromatic hydroxyl groups is 1. The van der Waals surface area contributed by atoms with Crippen molar-refractivity contribution in [1.29, 1.82) is 0 Å². The number of rotatable bonds is 6. The molecule has 0 fully saturated rings. The van der Waals surface area contributed by atoms with E-state index in [1.807, 2.05) is 31.2 Å². The predicted molar refractivity (Wildman–Crippen MR) is 111 cm³/mol. The van der Waals surface area contributed by atoms with Crippen molar-refractivity contribution in [2.75, 3.05) is 7.11 Å². The highest BCUT2D eigenvalue weighted by Gasteiger charge is 2.11. The normalized spacial score (nSPS) is 10.8. The molecule has 0 unspecified atom stereocenters. The fourth-order valence-corrected chi connectivity index (χ4v) is 2.74. The quantitative estimate of drug-likeness (QED) is 0.499. The molecule has 3 rings (SSSR count). The van der Waals surface area contributed by atoms with Crippen LogP contribution < -0.4 is 15.7 Å². The third-order valence-corrected chi connectivity index (χ3v) is 4.32. The monoisotopic (exact) mass is 391 g/mol. The number of aromatic nitrogens is 1. The van der Waals surface area contributed by atoms with Gasteiger partial charge in [0.25, 0.3) is 11.5 Å². The molecule has 0 aliphatic heterocycles. The number of hydrogen-bond acceptors (Lipinski definition) is 5. The van der Waals surface area contributed by atoms with Gasteiger partial charge in [0.2, 0.25) is 0 Å². The van der Waals surface area contributed by atoms with Crippen LogP contribution in [0.15, 0.2) is 70.7 Å². The number of aryl methyl sites for hydroxylation is 1. The number of hydrogen-bond donors (Lipinski definition) is 2. The lowest BCUT2D eigenvalue weighted by Gasteiger charge is -2.08. The summed E-state index contributed by atoms with van der Waals surface area (Å²) in [5.41, 5.74) is 4.60. The van der Waals surface area contributed by atoms with Crippen LogP contribution in [0, 0.1) is 6.92 Å². The van der Waals surface area contributed by atoms with E-state index in [9.17, 15) is 14.7 Å². The zero-order valence-electron chi connectivity index (χ0n) is 16.1. The summed E-state index contributed by atoms with van der Waals surface area (Å²) in [4.78, 5) is 25.0. The summed E-state index contributed by atoms with van der Waals surface area (Å²) in [5.74, 6) is -0.309. The number of hydrazone groups is 1. The number of nitrogens with one attached hydrogen (secondary N) is 1. The molecule has 29 heavy (non-hydrogen) atoms. The highest BCUT2D eigenvalue weighted by atomic mass is 16.5. The van der Waals surface area contributed by atoms with Crippen LogP contribution in [0.4, 0.5) is 0 Å². The number of benzene rings is 2. The van der Waals surface area contributed by atoms with Gasteiger partial charge in [-0.1, -0.05) is 29.8 Å². The minimum absolute atomic E-state index is 0.00524. The van der Waals surface area contributed by atoms with Crippen LogP contribution in [0.5, 0.6) is 11.5 Å². The molecule has 1 aromatic heterocycles. The van der Waals surface area contributed by atoms with Crippen molar-refractivity contribution < 1.29 is 14.6 Å². The van der Waals surface area contributed by atoms with E-state index in [1.165, 1.54) is 30.0 Å². The number of phenols is 1. The van der Waals surface area contributed by atoms with E-state index in [0.29, 0.717) is 17.9 Å². The van der Waals surface area contributed by atoms with E-state index in [2.05, 4.69) is 10.5 Å². The van der Waals surface area contributed by atoms with Crippen molar-refractivity contribution in [2.45, 2.75) is 13.5 Å². The largest absolute Gasteiger partial charge is 0.504 e. The Morgan fingerprint density at radius 2 is 1.97 bits per heavy atom. The number of methoxy groups -OCH3 is 1. The van der Waals surface area contributed by atoms with Gasteiger partial charge in [-0.05, 0) is 48.4 Å². The Balaban J connectivity index is 1.71. The second kappa shape index (κ2) is 8.88. The van der Waals surface area contributed by atoms with Crippen molar-refractivity contribution >= 4 is 12.1 Å². The Morgan fingerprint density at radius 3 is 2.66 bits per heavy atom. The Morgan fingerprint density at radius 1 is 1.21 bits per heavy atom. The lowest BCUT2D eigenvalue weighted by Crippen LogP contribution is -2.30. The summed E-state index contributed by atoms with van der Waals surface area (Å²) in [6, 6.07) is 15.7. The molecule has 0 radical (unpaired) electrons. The third kappa shape index (κ3) is 4.90. The average molecular weight is 391 g/mol. The van der Waals surface area contributed by atoms with Gasteiger partial charge in [-0.25, -0.2) is 5.43 Å². The molecule has 0 aliphatic rings. The molecule has 0 saturated carbocycles. The van der Waals surface area contributed by atoms with E-state index < -0.39 is 11.5 Å². The zero-order valence-corrected chi connectivity index (χ0v) is 16.1. The predicted octanol–water partition coefficient (Wildman–Crippen LogP) is 2.68. The van der Waals surface area contributed by atoms with Crippen LogP contribution in [0.3, 0.4) is 0 Å². The van der Waals surface area contributed by atoms with Crippen LogP contribution in [-0.4, -0.2) is 28.9 Å². The van der Waals surface area contributed by atoms with Crippen LogP contribution >= 0.6 is 0 Å². The second-order valence-corrected chi connectivity index (χ2v) is 6.47. The first-order valence-corrected chi connectivity index (χ1v) is 8.93. The molecular formula is C22H21N3O4. The molecule has 0 bridgehead atoms. The summed E-state index contributed by atoms with van der Waals surface area (Å²) >= 11 is 0. The summed E-state index contributed by atoms with van der Waals surface area (Å²) in [6.45, 7) is 2.36. The number of nitrogens with zero attached hydrogens (tertiary/aromatic N) is 2. The summed E-state index contributed by atoms with van der Waals surface area (Å²) in [5, 5.41) is 13.6. The van der Waals surface area contributed by atoms with Gasteiger partial charge in [-0.3, -0.25) is 9.59 Å². The minimum atomic E-state index is -0.609. The average Bonchev–Trinajstić information content (AvgIpc) is 2.71. The highest BCUT2D eigenvalue weighted by Crippen LogP contribution is 2.25. The minimum Gasteiger partial charge on any atom is -0.504 e. The molecule has 3 aromatic rings. The third-order valence-electron chi connectivity index (χ3n) is 4.32. The Bertz CT molecular complexity index is 1100. The number of ether oxygens (including phenoxy) is 1. The van der Waals surface area contributed by atoms with Gasteiger partial charge >= 0.3 is 0 Å². The molecule has 2 aromatic carbocycles. The van der Waals surface area contributed by atoms with Crippen LogP contribution in [0.25, 0.3) is 0 Å². The Kier molecular flexibility index (Phi) is 6.09. The fourth-order valence-electron chi connectivity index (χ4n) is 2.74. The zero-order chi connectivity index (χ0) is 20.8. The summed E-state index contributed by atoms with van der Waals surface area (Å²) in [7, 11) is 1.45. The molecule has 0 aliphatic carbocycles. The Labute approximate surface area is 167 Å². The first kappa shape index (κ1) is 19.9. The van der Waals surface area contributed by atoms with E-state index in [4.69, 9.17) is 4.74 Å². The summed E-state index contributed by atoms with van der Waals surface area (Å²) in [6.07, 6.45) is 3.01. The lowest BCUT2D eigenvalue weighted by molar-refractivity contribution is 0.0953. The van der Waals surface area contributed by atoms with Gasteiger partial charge in [0, 0.05) is 6.20 Å². The number of carbonyl (C=O) groups excluding carboxylic acids is 1. The molecule has 0 spiro atoms. The molecule has 0 saturated heterocycles. The second-order valence-electron chi connectivity index (χ2n) is 6.47. The van der Waals surface area contributed by atoms with Gasteiger partial charge in [0.15, 0.2) is 11.5 Å². The fraction of sp³-hybridized carbons (Fsp3) is 0.136. The van der Waals surface area contributed by atoms with Gasteiger partial charge in [0.05, 0.1) is 19.9 Å². The number of pyridine rings is 1. The van der Waals surface area contributed by atoms with Gasteiger partial charge in [-0.2, -0.15) is 5.10 Å². The smallest absolute Gasteiger partial charge is 0.276 e. The van der Waals surface area contributed by atoms with Gasteiger partial charge < -0.3 is 14.4 Å². The standard InChI is InChI=1S/C22H21N3O4/c1-15-5-7-16(8-6-15)14-25-11-3-4-18(22(25)28)21(27)24-23-13-17-9-10-20(29-2)19(26)12-17/h3-13,26H,14H2,1-2H3,(H,24,27)/b23-13-. The molecule has 2 N–H and O–H groups in total. The maximum Gasteiger partial charge on any atom is 0.276 e. The van der Waals surface area contributed by atoms with Crippen LogP contribution in [0.1, 0.15) is 27.0 Å². The van der Waals surface area contributed by atoms with Crippen LogP contribution in [-0.2, 0) is 6.54 Å². The SMILES string of the molecule is COc1ccc(/C=N\NC(=O)c2cccn(Cc3ccc(C)cc3)c2=O)cc1O. The molecule has 7 heteroatoms. The van der Waals surface area contributed by atoms with Gasteiger partial charge in [-0.15, -0.1) is 0 Å². The lowest BCUT2D eigenvalue weighted by atomic mass is 10.1. The maximum absolute atomic E-state index is 12.6. The molecule has 148 valence electrons. The van der Waals surface area contributed by atoms with Gasteiger partial charge in [0.1, 0.15) is 5.56 Å². The number of amides is 1. The first-order valence-electron chi connectivity index (χ1n) is 8.93. The van der Waals surface area contributed by atoms with E-state index in [1.54, 1.807) is 24.4 Å². The first-order chi connectivity index (χ1) is 14.0. The van der Waals surface area contributed by atoms with Crippen molar-refractivity contribution in [3.8, 4) is 11.5 Å². The topological polar surface area (TPSA) is 92.9 Å². The van der Waals surface area contributed by atoms with Crippen molar-refractivity contribution in [3.05, 3.63) is 93.4 Å². The molecule has 1 heterocycles. The Hall–Kier alpha value is -3.87. The molecule has 1 amide bonds. The van der Waals surface area contributed by atoms with Crippen molar-refractivity contribution in [2.24, 2.45) is 5.10 Å². The number of carbonyl (C=O) groups is 1. The van der Waals surface area contributed by atoms with E-state index in [0.717, 1.165) is 11.1 Å². The van der Waals surface area contributed by atoms with Crippen LogP contribution in [0.2, 0.25) is 0 Å². The molecule has 7 nitrogen and oxygen atoms in total. The number of phenolic OH excluding ortho intramolecular Hbond substituents is 1. The van der Waals surface area contributed by atoms with Crippen molar-refractivity contribution in [3.63, 3.8) is 0 Å². The highest BCUT2D eigenvalue weighted by molar-refractivity contribution is 5.94.